The average Bonchev–Trinajstić information content (AvgIpc) is 2.68. The highest BCUT2D eigenvalue weighted by atomic mass is 16.5. The van der Waals surface area contributed by atoms with E-state index >= 15 is 0 Å². The molecule has 1 aliphatic rings. The molecule has 0 bridgehead atoms. The third-order valence-corrected chi connectivity index (χ3v) is 4.75. The number of hydrogen-bond donors (Lipinski definition) is 2. The van der Waals surface area contributed by atoms with Gasteiger partial charge in [0.2, 0.25) is 5.91 Å². The molecule has 1 fully saturated rings. The Kier molecular flexibility index (Phi) is 6.68. The van der Waals surface area contributed by atoms with Gasteiger partial charge in [-0.3, -0.25) is 9.69 Å². The van der Waals surface area contributed by atoms with Gasteiger partial charge in [0.15, 0.2) is 0 Å². The topological polar surface area (TPSA) is 65.0 Å². The molecule has 1 aliphatic heterocycles. The molecular weight excluding hydrogens is 342 g/mol. The maximum absolute atomic E-state index is 12.3. The summed E-state index contributed by atoms with van der Waals surface area (Å²) in [6.07, 6.45) is 0. The van der Waals surface area contributed by atoms with Gasteiger partial charge in [-0.2, -0.15) is 0 Å². The first-order valence-corrected chi connectivity index (χ1v) is 9.24. The molecule has 6 nitrogen and oxygen atoms in total. The van der Waals surface area contributed by atoms with Crippen LogP contribution in [-0.4, -0.2) is 55.7 Å². The lowest BCUT2D eigenvalue weighted by Gasteiger charge is -2.35. The summed E-state index contributed by atoms with van der Waals surface area (Å²) < 4.78 is 5.15. The van der Waals surface area contributed by atoms with Gasteiger partial charge >= 0.3 is 0 Å². The number of ether oxygens (including phenoxy) is 1. The van der Waals surface area contributed by atoms with Gasteiger partial charge in [0.05, 0.1) is 13.2 Å². The number of aromatic hydroxyl groups is 1. The molecule has 0 atom stereocenters. The number of carbonyl (C=O) groups is 1. The smallest absolute Gasteiger partial charge is 0.234 e. The van der Waals surface area contributed by atoms with Gasteiger partial charge in [-0.15, -0.1) is 0 Å². The van der Waals surface area contributed by atoms with E-state index in [4.69, 9.17) is 4.74 Å². The number of nitrogens with one attached hydrogen (secondary N) is 1. The summed E-state index contributed by atoms with van der Waals surface area (Å²) in [5.74, 6) is 0.326. The number of hydrogen-bond acceptors (Lipinski definition) is 5. The van der Waals surface area contributed by atoms with Crippen molar-refractivity contribution in [1.82, 2.24) is 10.2 Å². The van der Waals surface area contributed by atoms with Gasteiger partial charge in [-0.1, -0.05) is 24.3 Å². The Hall–Kier alpha value is -2.57. The van der Waals surface area contributed by atoms with Crippen LogP contribution in [-0.2, 0) is 22.7 Å². The van der Waals surface area contributed by atoms with E-state index in [0.717, 1.165) is 43.0 Å². The Bertz CT molecular complexity index is 741. The monoisotopic (exact) mass is 369 g/mol. The van der Waals surface area contributed by atoms with Crippen LogP contribution >= 0.6 is 0 Å². The van der Waals surface area contributed by atoms with Gasteiger partial charge in [-0.25, -0.2) is 0 Å². The first-order chi connectivity index (χ1) is 13.1. The Balaban J connectivity index is 1.41. The van der Waals surface area contributed by atoms with E-state index in [2.05, 4.69) is 21.2 Å². The Morgan fingerprint density at radius 2 is 1.78 bits per heavy atom. The number of rotatable bonds is 7. The van der Waals surface area contributed by atoms with Gasteiger partial charge in [0.1, 0.15) is 5.75 Å². The fourth-order valence-electron chi connectivity index (χ4n) is 3.28. The van der Waals surface area contributed by atoms with Gasteiger partial charge < -0.3 is 20.1 Å². The third kappa shape index (κ3) is 5.70. The second-order valence-corrected chi connectivity index (χ2v) is 6.81. The molecule has 2 aromatic rings. The van der Waals surface area contributed by atoms with Crippen LogP contribution in [0.15, 0.2) is 48.5 Å². The highest BCUT2D eigenvalue weighted by Crippen LogP contribution is 2.19. The summed E-state index contributed by atoms with van der Waals surface area (Å²) in [6, 6.07) is 15.3. The number of phenolic OH excluding ortho intramolecular Hbond substituents is 1. The van der Waals surface area contributed by atoms with E-state index in [-0.39, 0.29) is 11.7 Å². The van der Waals surface area contributed by atoms with Crippen LogP contribution in [0, 0.1) is 0 Å². The zero-order valence-corrected chi connectivity index (χ0v) is 15.7. The summed E-state index contributed by atoms with van der Waals surface area (Å²) in [6.45, 7) is 4.96. The molecule has 2 N–H and O–H groups in total. The number of piperazine rings is 1. The van der Waals surface area contributed by atoms with Crippen LogP contribution in [0.2, 0.25) is 0 Å². The molecule has 0 saturated carbocycles. The summed E-state index contributed by atoms with van der Waals surface area (Å²) in [5, 5.41) is 12.4. The molecule has 1 amide bonds. The number of anilines is 1. The highest BCUT2D eigenvalue weighted by molar-refractivity contribution is 5.78. The van der Waals surface area contributed by atoms with Crippen molar-refractivity contribution in [2.24, 2.45) is 0 Å². The Morgan fingerprint density at radius 3 is 2.48 bits per heavy atom. The van der Waals surface area contributed by atoms with E-state index in [1.165, 1.54) is 0 Å². The van der Waals surface area contributed by atoms with E-state index < -0.39 is 0 Å². The molecule has 0 spiro atoms. The molecule has 1 heterocycles. The van der Waals surface area contributed by atoms with Crippen molar-refractivity contribution in [2.45, 2.75) is 13.2 Å². The third-order valence-electron chi connectivity index (χ3n) is 4.75. The van der Waals surface area contributed by atoms with Crippen molar-refractivity contribution in [1.29, 1.82) is 0 Å². The molecule has 144 valence electrons. The SMILES string of the molecule is COCc1cccc(CNC(=O)CN2CCN(c3ccc(O)cc3)CC2)c1. The molecular formula is C21H27N3O3. The van der Waals surface area contributed by atoms with Crippen LogP contribution < -0.4 is 10.2 Å². The zero-order valence-electron chi connectivity index (χ0n) is 15.7. The van der Waals surface area contributed by atoms with Crippen molar-refractivity contribution in [3.63, 3.8) is 0 Å². The van der Waals surface area contributed by atoms with Crippen molar-refractivity contribution < 1.29 is 14.6 Å². The van der Waals surface area contributed by atoms with Crippen molar-refractivity contribution in [2.75, 3.05) is 44.7 Å². The van der Waals surface area contributed by atoms with E-state index in [0.29, 0.717) is 19.7 Å². The standard InChI is InChI=1S/C21H27N3O3/c1-27-16-18-4-2-3-17(13-18)14-22-21(26)15-23-9-11-24(12-10-23)19-5-7-20(25)8-6-19/h2-8,13,25H,9-12,14-16H2,1H3,(H,22,26). The number of carbonyl (C=O) groups excluding carboxylic acids is 1. The second kappa shape index (κ2) is 9.39. The predicted molar refractivity (Wildman–Crippen MR) is 106 cm³/mol. The molecule has 0 radical (unpaired) electrons. The largest absolute Gasteiger partial charge is 0.508 e. The Morgan fingerprint density at radius 1 is 1.07 bits per heavy atom. The lowest BCUT2D eigenvalue weighted by Crippen LogP contribution is -2.49. The lowest BCUT2D eigenvalue weighted by atomic mass is 10.1. The summed E-state index contributed by atoms with van der Waals surface area (Å²) >= 11 is 0. The minimum atomic E-state index is 0.0465. The van der Waals surface area contributed by atoms with Gasteiger partial charge in [0.25, 0.3) is 0 Å². The van der Waals surface area contributed by atoms with Crippen LogP contribution in [0.5, 0.6) is 5.75 Å². The number of benzene rings is 2. The lowest BCUT2D eigenvalue weighted by molar-refractivity contribution is -0.122. The average molecular weight is 369 g/mol. The van der Waals surface area contributed by atoms with E-state index in [9.17, 15) is 9.90 Å². The fourth-order valence-corrected chi connectivity index (χ4v) is 3.28. The quantitative estimate of drug-likeness (QED) is 0.781. The fraction of sp³-hybridized carbons (Fsp3) is 0.381. The van der Waals surface area contributed by atoms with E-state index in [1.54, 1.807) is 19.2 Å². The minimum Gasteiger partial charge on any atom is -0.508 e. The predicted octanol–water partition coefficient (Wildman–Crippen LogP) is 1.98. The first kappa shape index (κ1) is 19.2. The summed E-state index contributed by atoms with van der Waals surface area (Å²) in [4.78, 5) is 16.7. The van der Waals surface area contributed by atoms with Gasteiger partial charge in [0, 0.05) is 45.5 Å². The Labute approximate surface area is 160 Å². The highest BCUT2D eigenvalue weighted by Gasteiger charge is 2.19. The zero-order chi connectivity index (χ0) is 19.1. The van der Waals surface area contributed by atoms with Gasteiger partial charge in [-0.05, 0) is 35.4 Å². The number of phenols is 1. The maximum atomic E-state index is 12.3. The summed E-state index contributed by atoms with van der Waals surface area (Å²) in [5.41, 5.74) is 3.29. The van der Waals surface area contributed by atoms with Crippen LogP contribution in [0.3, 0.4) is 0 Å². The normalized spacial score (nSPS) is 14.9. The minimum absolute atomic E-state index is 0.0465. The molecule has 1 saturated heterocycles. The van der Waals surface area contributed by atoms with Crippen molar-refractivity contribution in [3.8, 4) is 5.75 Å². The molecule has 6 heteroatoms. The molecule has 0 aliphatic carbocycles. The first-order valence-electron chi connectivity index (χ1n) is 9.24. The number of amides is 1. The second-order valence-electron chi connectivity index (χ2n) is 6.81. The maximum Gasteiger partial charge on any atom is 0.234 e. The molecule has 27 heavy (non-hydrogen) atoms. The van der Waals surface area contributed by atoms with Crippen LogP contribution in [0.1, 0.15) is 11.1 Å². The molecule has 2 aromatic carbocycles. The summed E-state index contributed by atoms with van der Waals surface area (Å²) in [7, 11) is 1.68. The van der Waals surface area contributed by atoms with Crippen molar-refractivity contribution >= 4 is 11.6 Å². The number of methoxy groups -OCH3 is 1. The molecule has 0 unspecified atom stereocenters. The molecule has 0 aromatic heterocycles. The number of nitrogens with zero attached hydrogens (tertiary/aromatic N) is 2. The van der Waals surface area contributed by atoms with Crippen molar-refractivity contribution in [3.05, 3.63) is 59.7 Å². The molecule has 3 rings (SSSR count). The van der Waals surface area contributed by atoms with Crippen LogP contribution in [0.4, 0.5) is 5.69 Å². The van der Waals surface area contributed by atoms with E-state index in [1.807, 2.05) is 30.3 Å². The van der Waals surface area contributed by atoms with Crippen LogP contribution in [0.25, 0.3) is 0 Å².